The molecule has 232 valence electrons. The molecule has 0 heterocycles. The van der Waals surface area contributed by atoms with Crippen LogP contribution in [0.1, 0.15) is 11.0 Å². The van der Waals surface area contributed by atoms with Crippen molar-refractivity contribution in [2.24, 2.45) is 0 Å². The van der Waals surface area contributed by atoms with Crippen molar-refractivity contribution in [3.63, 3.8) is 0 Å². The molecule has 0 N–H and O–H groups in total. The predicted octanol–water partition coefficient (Wildman–Crippen LogP) is 14.1. The Kier molecular flexibility index (Phi) is 4.97. The van der Waals surface area contributed by atoms with Gasteiger partial charge in [-0.2, -0.15) is 0 Å². The molecule has 0 spiro atoms. The molecular formula is C50H32. The second kappa shape index (κ2) is 11.6. The van der Waals surface area contributed by atoms with Gasteiger partial charge in [0.1, 0.15) is 0 Å². The first-order valence-corrected chi connectivity index (χ1v) is 16.7. The highest BCUT2D eigenvalue weighted by Crippen LogP contribution is 2.48. The van der Waals surface area contributed by atoms with E-state index in [1.807, 2.05) is 121 Å². The largest absolute Gasteiger partial charge is 0.0629 e. The summed E-state index contributed by atoms with van der Waals surface area (Å²) in [5.74, 6) is 0. The minimum absolute atomic E-state index is 0.186. The highest BCUT2D eigenvalue weighted by atomic mass is 14.2. The van der Waals surface area contributed by atoms with Gasteiger partial charge in [-0.1, -0.05) is 170 Å². The number of hydrogen-bond donors (Lipinski definition) is 0. The van der Waals surface area contributed by atoms with E-state index in [1.54, 1.807) is 0 Å². The quantitative estimate of drug-likeness (QED) is 0.133. The molecule has 0 saturated heterocycles. The van der Waals surface area contributed by atoms with E-state index in [0.717, 1.165) is 54.6 Å². The molecule has 0 unspecified atom stereocenters. The molecule has 0 fully saturated rings. The van der Waals surface area contributed by atoms with Gasteiger partial charge in [-0.05, 0) is 123 Å². The van der Waals surface area contributed by atoms with Crippen LogP contribution in [-0.4, -0.2) is 0 Å². The minimum atomic E-state index is -0.428. The minimum Gasteiger partial charge on any atom is -0.0622 e. The molecule has 0 aliphatic carbocycles. The van der Waals surface area contributed by atoms with Crippen LogP contribution in [0.4, 0.5) is 0 Å². The Hall–Kier alpha value is -6.50. The van der Waals surface area contributed by atoms with Crippen LogP contribution in [0.25, 0.3) is 98.4 Å². The average molecular weight is 641 g/mol. The van der Waals surface area contributed by atoms with Crippen LogP contribution in [0.15, 0.2) is 194 Å². The van der Waals surface area contributed by atoms with Gasteiger partial charge in [0.2, 0.25) is 0 Å². The van der Waals surface area contributed by atoms with Gasteiger partial charge < -0.3 is 0 Å². The lowest BCUT2D eigenvalue weighted by Gasteiger charge is -2.21. The summed E-state index contributed by atoms with van der Waals surface area (Å²) in [6, 6.07) is 45.0. The average Bonchev–Trinajstić information content (AvgIpc) is 3.27. The summed E-state index contributed by atoms with van der Waals surface area (Å²) >= 11 is 0. The molecule has 10 aromatic rings. The van der Waals surface area contributed by atoms with Crippen molar-refractivity contribution in [1.82, 2.24) is 0 Å². The smallest absolute Gasteiger partial charge is 0.0622 e. The van der Waals surface area contributed by atoms with E-state index in [2.05, 4.69) is 24.3 Å². The van der Waals surface area contributed by atoms with Crippen LogP contribution < -0.4 is 0 Å². The molecule has 0 aliphatic rings. The van der Waals surface area contributed by atoms with Crippen LogP contribution in [0.5, 0.6) is 0 Å². The molecule has 0 aliphatic heterocycles. The summed E-state index contributed by atoms with van der Waals surface area (Å²) in [6.45, 7) is 0. The third-order valence-corrected chi connectivity index (χ3v) is 9.83. The Balaban J connectivity index is 1.47. The summed E-state index contributed by atoms with van der Waals surface area (Å²) in [7, 11) is 0. The maximum Gasteiger partial charge on any atom is 0.0629 e. The zero-order chi connectivity index (χ0) is 40.0. The highest BCUT2D eigenvalue weighted by molar-refractivity contribution is 6.28. The molecular weight excluding hydrogens is 601 g/mol. The molecule has 0 saturated carbocycles. The fourth-order valence-electron chi connectivity index (χ4n) is 7.63. The fraction of sp³-hybridized carbons (Fsp3) is 0. The molecule has 10 rings (SSSR count). The Labute approximate surface area is 302 Å². The normalized spacial score (nSPS) is 13.8. The Morgan fingerprint density at radius 3 is 1.36 bits per heavy atom. The van der Waals surface area contributed by atoms with Gasteiger partial charge >= 0.3 is 0 Å². The van der Waals surface area contributed by atoms with Crippen molar-refractivity contribution < 1.29 is 11.0 Å². The molecule has 0 atom stereocenters. The number of hydrogen-bond acceptors (Lipinski definition) is 0. The molecule has 50 heavy (non-hydrogen) atoms. The first-order valence-electron chi connectivity index (χ1n) is 20.7. The first-order chi connectivity index (χ1) is 28.1. The Morgan fingerprint density at radius 1 is 0.300 bits per heavy atom. The third kappa shape index (κ3) is 4.54. The van der Waals surface area contributed by atoms with Gasteiger partial charge in [-0.25, -0.2) is 0 Å². The Morgan fingerprint density at radius 2 is 0.760 bits per heavy atom. The van der Waals surface area contributed by atoms with E-state index in [1.165, 1.54) is 0 Å². The van der Waals surface area contributed by atoms with E-state index in [9.17, 15) is 5.48 Å². The van der Waals surface area contributed by atoms with E-state index in [4.69, 9.17) is 5.48 Å². The van der Waals surface area contributed by atoms with Gasteiger partial charge in [0.05, 0.1) is 11.0 Å². The van der Waals surface area contributed by atoms with Gasteiger partial charge in [-0.3, -0.25) is 0 Å². The van der Waals surface area contributed by atoms with Crippen molar-refractivity contribution in [2.75, 3.05) is 0 Å². The summed E-state index contributed by atoms with van der Waals surface area (Å²) in [5.41, 5.74) is 5.36. The van der Waals surface area contributed by atoms with Crippen LogP contribution >= 0.6 is 0 Å². The third-order valence-electron chi connectivity index (χ3n) is 9.83. The van der Waals surface area contributed by atoms with Crippen LogP contribution in [0, 0.1) is 0 Å². The summed E-state index contributed by atoms with van der Waals surface area (Å²) < 4.78 is 74.5. The molecule has 0 bridgehead atoms. The second-order valence-corrected chi connectivity index (χ2v) is 12.6. The number of benzene rings is 10. The van der Waals surface area contributed by atoms with E-state index in [0.29, 0.717) is 22.3 Å². The highest BCUT2D eigenvalue weighted by Gasteiger charge is 2.20. The Bertz CT molecular complexity index is 3220. The lowest BCUT2D eigenvalue weighted by atomic mass is 9.82. The SMILES string of the molecule is [2H]c1c([2H])c([2H])c2c(-c3cc4ccc5ccccc5c4c4ccccc34)c3c([2H])c([2H])c([2H])c([2H])c3c(-c3cc(-c4ccccc4)cc(-c4ccccc4)c3)c2c1[2H]. The first kappa shape index (κ1) is 21.5. The van der Waals surface area contributed by atoms with Crippen LogP contribution in [0.2, 0.25) is 0 Å². The molecule has 0 radical (unpaired) electrons. The number of rotatable bonds is 4. The van der Waals surface area contributed by atoms with Crippen molar-refractivity contribution in [3.8, 4) is 44.5 Å². The predicted molar refractivity (Wildman–Crippen MR) is 216 cm³/mol. The van der Waals surface area contributed by atoms with Crippen molar-refractivity contribution in [3.05, 3.63) is 194 Å². The monoisotopic (exact) mass is 640 g/mol. The van der Waals surface area contributed by atoms with Crippen LogP contribution in [-0.2, 0) is 0 Å². The molecule has 0 amide bonds. The maximum atomic E-state index is 9.62. The zero-order valence-electron chi connectivity index (χ0n) is 34.9. The zero-order valence-corrected chi connectivity index (χ0v) is 26.9. The fourth-order valence-corrected chi connectivity index (χ4v) is 7.63. The molecule has 0 aromatic heterocycles. The standard InChI is InChI=1S/C50H32/c1-3-15-33(16-4-1)37-29-38(34-17-5-2-6-18-34)31-39(30-37)49-43-23-11-13-25-45(43)50(46-26-14-12-24-44(46)49)47-32-36-28-27-35-19-7-8-20-40(35)48(36)42-22-10-9-21-41(42)47/h1-32H/i11D,12D,13D,14D,23D,24D,25D,26D. The van der Waals surface area contributed by atoms with Crippen molar-refractivity contribution >= 4 is 53.9 Å². The van der Waals surface area contributed by atoms with Crippen molar-refractivity contribution in [1.29, 1.82) is 0 Å². The second-order valence-electron chi connectivity index (χ2n) is 12.6. The van der Waals surface area contributed by atoms with Gasteiger partial charge in [-0.15, -0.1) is 0 Å². The summed E-state index contributed by atoms with van der Waals surface area (Å²) in [4.78, 5) is 0. The van der Waals surface area contributed by atoms with Crippen molar-refractivity contribution in [2.45, 2.75) is 0 Å². The van der Waals surface area contributed by atoms with Gasteiger partial charge in [0.15, 0.2) is 0 Å². The van der Waals surface area contributed by atoms with Gasteiger partial charge in [0.25, 0.3) is 0 Å². The molecule has 0 nitrogen and oxygen atoms in total. The summed E-state index contributed by atoms with van der Waals surface area (Å²) in [5, 5.41) is 6.51. The van der Waals surface area contributed by atoms with E-state index in [-0.39, 0.29) is 45.7 Å². The molecule has 0 heteroatoms. The maximum absolute atomic E-state index is 9.62. The van der Waals surface area contributed by atoms with Crippen LogP contribution in [0.3, 0.4) is 0 Å². The van der Waals surface area contributed by atoms with E-state index < -0.39 is 24.2 Å². The summed E-state index contributed by atoms with van der Waals surface area (Å²) in [6.07, 6.45) is 0. The van der Waals surface area contributed by atoms with Gasteiger partial charge in [0, 0.05) is 0 Å². The topological polar surface area (TPSA) is 0 Å². The lowest BCUT2D eigenvalue weighted by molar-refractivity contribution is 1.58. The number of fused-ring (bicyclic) bond motifs is 7. The molecule has 10 aromatic carbocycles. The van der Waals surface area contributed by atoms with E-state index >= 15 is 0 Å². The lowest BCUT2D eigenvalue weighted by Crippen LogP contribution is -1.93.